The van der Waals surface area contributed by atoms with Crippen LogP contribution in [0.2, 0.25) is 0 Å². The van der Waals surface area contributed by atoms with E-state index in [1.165, 1.54) is 0 Å². The van der Waals surface area contributed by atoms with Crippen LogP contribution < -0.4 is 5.73 Å². The van der Waals surface area contributed by atoms with Gasteiger partial charge >= 0.3 is 0 Å². The van der Waals surface area contributed by atoms with Crippen LogP contribution in [0.3, 0.4) is 0 Å². The van der Waals surface area contributed by atoms with Gasteiger partial charge in [-0.1, -0.05) is 0 Å². The molecule has 0 fully saturated rings. The minimum absolute atomic E-state index is 0.307. The lowest BCUT2D eigenvalue weighted by atomic mass is 10.1. The van der Waals surface area contributed by atoms with Crippen molar-refractivity contribution in [2.45, 2.75) is 19.1 Å². The minimum atomic E-state index is -0.516. The largest absolute Gasteiger partial charge is 0.391 e. The van der Waals surface area contributed by atoms with Gasteiger partial charge in [-0.25, -0.2) is 0 Å². The standard InChI is InChI=1S/C8H12N2O/c1-6(11)8(9)7-2-4-10-5-3-7/h2-6,8,11H,9H2,1H3/t6?,8-/m0/s1. The van der Waals surface area contributed by atoms with Crippen LogP contribution in [0.5, 0.6) is 0 Å². The Morgan fingerprint density at radius 3 is 2.45 bits per heavy atom. The van der Waals surface area contributed by atoms with Gasteiger partial charge in [-0.15, -0.1) is 0 Å². The summed E-state index contributed by atoms with van der Waals surface area (Å²) in [6, 6.07) is 3.30. The van der Waals surface area contributed by atoms with Crippen LogP contribution >= 0.6 is 0 Å². The van der Waals surface area contributed by atoms with Gasteiger partial charge in [0.25, 0.3) is 0 Å². The molecule has 1 aromatic heterocycles. The minimum Gasteiger partial charge on any atom is -0.391 e. The molecule has 60 valence electrons. The molecule has 3 heteroatoms. The average molecular weight is 152 g/mol. The number of rotatable bonds is 2. The molecule has 0 saturated heterocycles. The Balaban J connectivity index is 2.77. The normalized spacial score (nSPS) is 15.9. The summed E-state index contributed by atoms with van der Waals surface area (Å²) in [5, 5.41) is 9.13. The molecule has 0 radical (unpaired) electrons. The third-order valence-electron chi connectivity index (χ3n) is 1.61. The number of nitrogens with zero attached hydrogens (tertiary/aromatic N) is 1. The summed E-state index contributed by atoms with van der Waals surface area (Å²) in [5.41, 5.74) is 6.57. The van der Waals surface area contributed by atoms with Crippen molar-refractivity contribution in [1.29, 1.82) is 0 Å². The molecule has 1 unspecified atom stereocenters. The lowest BCUT2D eigenvalue weighted by molar-refractivity contribution is 0.164. The third-order valence-corrected chi connectivity index (χ3v) is 1.61. The maximum absolute atomic E-state index is 9.13. The quantitative estimate of drug-likeness (QED) is 0.647. The highest BCUT2D eigenvalue weighted by molar-refractivity contribution is 5.15. The summed E-state index contributed by atoms with van der Waals surface area (Å²) in [5.74, 6) is 0. The van der Waals surface area contributed by atoms with E-state index in [1.807, 2.05) is 0 Å². The lowest BCUT2D eigenvalue weighted by Gasteiger charge is -2.13. The average Bonchev–Trinajstić information content (AvgIpc) is 2.05. The molecule has 3 N–H and O–H groups in total. The molecule has 2 atom stereocenters. The molecule has 1 rings (SSSR count). The Hall–Kier alpha value is -0.930. The fourth-order valence-corrected chi connectivity index (χ4v) is 0.864. The zero-order valence-corrected chi connectivity index (χ0v) is 6.44. The van der Waals surface area contributed by atoms with Crippen LogP contribution in [0.15, 0.2) is 24.5 Å². The maximum atomic E-state index is 9.13. The van der Waals surface area contributed by atoms with Gasteiger partial charge in [0.2, 0.25) is 0 Å². The second-order valence-corrected chi connectivity index (χ2v) is 2.55. The van der Waals surface area contributed by atoms with E-state index in [9.17, 15) is 0 Å². The molecule has 0 aliphatic heterocycles. The first-order chi connectivity index (χ1) is 5.22. The molecule has 0 aliphatic rings. The Bertz CT molecular complexity index is 211. The number of hydrogen-bond acceptors (Lipinski definition) is 3. The summed E-state index contributed by atoms with van der Waals surface area (Å²) in [6.45, 7) is 1.67. The lowest BCUT2D eigenvalue weighted by Crippen LogP contribution is -2.22. The van der Waals surface area contributed by atoms with E-state index < -0.39 is 6.10 Å². The smallest absolute Gasteiger partial charge is 0.0704 e. The van der Waals surface area contributed by atoms with Crippen molar-refractivity contribution < 1.29 is 5.11 Å². The van der Waals surface area contributed by atoms with E-state index in [0.29, 0.717) is 0 Å². The first kappa shape index (κ1) is 8.17. The van der Waals surface area contributed by atoms with Crippen LogP contribution in [-0.4, -0.2) is 16.2 Å². The van der Waals surface area contributed by atoms with Gasteiger partial charge in [0.05, 0.1) is 12.1 Å². The van der Waals surface area contributed by atoms with Crippen molar-refractivity contribution in [1.82, 2.24) is 4.98 Å². The summed E-state index contributed by atoms with van der Waals surface area (Å²) in [7, 11) is 0. The first-order valence-electron chi connectivity index (χ1n) is 3.55. The van der Waals surface area contributed by atoms with Crippen LogP contribution in [-0.2, 0) is 0 Å². The van der Waals surface area contributed by atoms with Gasteiger partial charge < -0.3 is 10.8 Å². The van der Waals surface area contributed by atoms with E-state index in [1.54, 1.807) is 31.5 Å². The fraction of sp³-hybridized carbons (Fsp3) is 0.375. The van der Waals surface area contributed by atoms with E-state index >= 15 is 0 Å². The maximum Gasteiger partial charge on any atom is 0.0704 e. The van der Waals surface area contributed by atoms with Gasteiger partial charge in [-0.3, -0.25) is 4.98 Å². The second kappa shape index (κ2) is 3.46. The van der Waals surface area contributed by atoms with Crippen LogP contribution in [0.4, 0.5) is 0 Å². The number of aliphatic hydroxyl groups excluding tert-OH is 1. The van der Waals surface area contributed by atoms with Gasteiger partial charge in [-0.05, 0) is 24.6 Å². The molecule has 1 heterocycles. The Labute approximate surface area is 65.9 Å². The highest BCUT2D eigenvalue weighted by Crippen LogP contribution is 2.11. The van der Waals surface area contributed by atoms with E-state index in [-0.39, 0.29) is 6.04 Å². The van der Waals surface area contributed by atoms with Crippen molar-refractivity contribution in [3.05, 3.63) is 30.1 Å². The summed E-state index contributed by atoms with van der Waals surface area (Å²) in [4.78, 5) is 3.85. The zero-order valence-electron chi connectivity index (χ0n) is 6.44. The van der Waals surface area contributed by atoms with Crippen molar-refractivity contribution >= 4 is 0 Å². The van der Waals surface area contributed by atoms with E-state index in [2.05, 4.69) is 4.98 Å². The van der Waals surface area contributed by atoms with Crippen LogP contribution in [0.25, 0.3) is 0 Å². The van der Waals surface area contributed by atoms with Crippen LogP contribution in [0.1, 0.15) is 18.5 Å². The molecule has 0 spiro atoms. The molecule has 1 aromatic rings. The topological polar surface area (TPSA) is 59.1 Å². The van der Waals surface area contributed by atoms with Crippen molar-refractivity contribution in [3.63, 3.8) is 0 Å². The molecule has 0 saturated carbocycles. The van der Waals surface area contributed by atoms with Gasteiger partial charge in [0, 0.05) is 12.4 Å². The van der Waals surface area contributed by atoms with E-state index in [0.717, 1.165) is 5.56 Å². The number of pyridine rings is 1. The zero-order chi connectivity index (χ0) is 8.27. The molecule has 0 amide bonds. The molecule has 3 nitrogen and oxygen atoms in total. The molecule has 0 aromatic carbocycles. The molecule has 11 heavy (non-hydrogen) atoms. The number of hydrogen-bond donors (Lipinski definition) is 2. The Kier molecular flexibility index (Phi) is 2.57. The van der Waals surface area contributed by atoms with Crippen molar-refractivity contribution in [2.24, 2.45) is 5.73 Å². The predicted molar refractivity (Wildman–Crippen MR) is 42.8 cm³/mol. The number of aromatic nitrogens is 1. The molecule has 0 bridgehead atoms. The predicted octanol–water partition coefficient (Wildman–Crippen LogP) is 0.462. The number of nitrogens with two attached hydrogens (primary N) is 1. The molecular formula is C8H12N2O. The summed E-state index contributed by atoms with van der Waals surface area (Å²) >= 11 is 0. The van der Waals surface area contributed by atoms with Gasteiger partial charge in [-0.2, -0.15) is 0 Å². The fourth-order valence-electron chi connectivity index (χ4n) is 0.864. The van der Waals surface area contributed by atoms with Gasteiger partial charge in [0.15, 0.2) is 0 Å². The van der Waals surface area contributed by atoms with E-state index in [4.69, 9.17) is 10.8 Å². The van der Waals surface area contributed by atoms with Crippen LogP contribution in [0, 0.1) is 0 Å². The third kappa shape index (κ3) is 2.00. The van der Waals surface area contributed by atoms with Gasteiger partial charge in [0.1, 0.15) is 0 Å². The first-order valence-corrected chi connectivity index (χ1v) is 3.55. The highest BCUT2D eigenvalue weighted by atomic mass is 16.3. The van der Waals surface area contributed by atoms with Crippen molar-refractivity contribution in [3.8, 4) is 0 Å². The Morgan fingerprint density at radius 2 is 2.00 bits per heavy atom. The molecule has 0 aliphatic carbocycles. The highest BCUT2D eigenvalue weighted by Gasteiger charge is 2.10. The number of aliphatic hydroxyl groups is 1. The second-order valence-electron chi connectivity index (χ2n) is 2.55. The monoisotopic (exact) mass is 152 g/mol. The SMILES string of the molecule is CC(O)[C@H](N)c1ccncc1. The summed E-state index contributed by atoms with van der Waals surface area (Å²) in [6.07, 6.45) is 2.81. The summed E-state index contributed by atoms with van der Waals surface area (Å²) < 4.78 is 0. The Morgan fingerprint density at radius 1 is 1.45 bits per heavy atom. The van der Waals surface area contributed by atoms with Crippen molar-refractivity contribution in [2.75, 3.05) is 0 Å². The molecular weight excluding hydrogens is 140 g/mol.